The SMILES string of the molecule is Cc1ccc2c(c1)C=CC2c1c2c(ccc1=C(c1ccccc1)c1ccccc1)=c1ccccc1=[C-]2.[Cl-].[Cl-].[Zr+3]. The van der Waals surface area contributed by atoms with Crippen LogP contribution in [0.4, 0.5) is 0 Å². The molecule has 7 rings (SSSR count). The van der Waals surface area contributed by atoms with E-state index in [0.717, 1.165) is 0 Å². The standard InChI is InChI=1S/C36H25.2ClH.Zr/c1-24-16-18-30-28(22-24)17-19-32(30)36-33(21-20-31-29-15-9-8-14-27(29)23-34(31)36)35(25-10-4-2-5-11-25)26-12-6-3-7-13-26;;;/h2-22,32H,1H3;2*1H;/q-1;;;+3/p-2. The van der Waals surface area contributed by atoms with Crippen molar-refractivity contribution in [2.45, 2.75) is 12.8 Å². The maximum absolute atomic E-state index is 3.82. The van der Waals surface area contributed by atoms with Crippen LogP contribution in [0.15, 0.2) is 121 Å². The molecule has 187 valence electrons. The van der Waals surface area contributed by atoms with E-state index in [4.69, 9.17) is 0 Å². The molecule has 0 saturated carbocycles. The Bertz CT molecular complexity index is 1850. The van der Waals surface area contributed by atoms with Gasteiger partial charge >= 0.3 is 26.2 Å². The van der Waals surface area contributed by atoms with Crippen LogP contribution in [0.5, 0.6) is 0 Å². The molecule has 0 aromatic heterocycles. The van der Waals surface area contributed by atoms with Crippen molar-refractivity contribution in [2.75, 3.05) is 0 Å². The van der Waals surface area contributed by atoms with Gasteiger partial charge in [-0.25, -0.2) is 0 Å². The average Bonchev–Trinajstić information content (AvgIpc) is 3.51. The minimum Gasteiger partial charge on any atom is -1.00 e. The fourth-order valence-corrected chi connectivity index (χ4v) is 5.85. The smallest absolute Gasteiger partial charge is 1.00 e. The monoisotopic (exact) mass is 617 g/mol. The van der Waals surface area contributed by atoms with Crippen LogP contribution in [-0.4, -0.2) is 0 Å². The normalized spacial score (nSPS) is 13.5. The van der Waals surface area contributed by atoms with Gasteiger partial charge in [-0.2, -0.15) is 0 Å². The molecule has 39 heavy (non-hydrogen) atoms. The van der Waals surface area contributed by atoms with Crippen molar-refractivity contribution in [3.63, 3.8) is 0 Å². The summed E-state index contributed by atoms with van der Waals surface area (Å²) in [6.45, 7) is 2.17. The van der Waals surface area contributed by atoms with Gasteiger partial charge in [0.05, 0.1) is 0 Å². The van der Waals surface area contributed by atoms with E-state index in [1.165, 1.54) is 65.4 Å². The number of allylic oxidation sites excluding steroid dienone is 1. The predicted molar refractivity (Wildman–Crippen MR) is 149 cm³/mol. The molecule has 5 aromatic rings. The Morgan fingerprint density at radius 3 is 2.00 bits per heavy atom. The minimum absolute atomic E-state index is 0. The number of halogens is 2. The van der Waals surface area contributed by atoms with Gasteiger partial charge < -0.3 is 24.8 Å². The number of hydrogen-bond acceptors (Lipinski definition) is 0. The molecule has 0 aliphatic heterocycles. The third-order valence-electron chi connectivity index (χ3n) is 7.47. The van der Waals surface area contributed by atoms with Gasteiger partial charge in [0, 0.05) is 5.92 Å². The van der Waals surface area contributed by atoms with Crippen LogP contribution in [0.1, 0.15) is 44.9 Å². The number of hydrogen-bond donors (Lipinski definition) is 0. The van der Waals surface area contributed by atoms with Crippen LogP contribution in [0.3, 0.4) is 0 Å². The summed E-state index contributed by atoms with van der Waals surface area (Å²) in [4.78, 5) is 0. The number of aryl methyl sites for hydroxylation is 1. The van der Waals surface area contributed by atoms with Crippen molar-refractivity contribution < 1.29 is 51.0 Å². The molecule has 1 radical (unpaired) electrons. The largest absolute Gasteiger partial charge is 3.00 e. The Morgan fingerprint density at radius 2 is 1.31 bits per heavy atom. The summed E-state index contributed by atoms with van der Waals surface area (Å²) in [5.41, 5.74) is 10.3. The Hall–Kier alpha value is -2.96. The van der Waals surface area contributed by atoms with Crippen LogP contribution in [0, 0.1) is 17.4 Å². The maximum Gasteiger partial charge on any atom is 3.00 e. The first-order valence-electron chi connectivity index (χ1n) is 12.6. The maximum atomic E-state index is 3.82. The molecule has 2 aliphatic carbocycles. The van der Waals surface area contributed by atoms with Crippen molar-refractivity contribution in [3.05, 3.63) is 181 Å². The topological polar surface area (TPSA) is 0 Å². The van der Waals surface area contributed by atoms with Gasteiger partial charge in [0.1, 0.15) is 0 Å². The van der Waals surface area contributed by atoms with E-state index in [1.807, 2.05) is 0 Å². The van der Waals surface area contributed by atoms with E-state index >= 15 is 0 Å². The molecule has 0 N–H and O–H groups in total. The third-order valence-corrected chi connectivity index (χ3v) is 7.47. The number of benzene rings is 5. The molecule has 0 heterocycles. The van der Waals surface area contributed by atoms with Crippen molar-refractivity contribution in [2.24, 2.45) is 0 Å². The summed E-state index contributed by atoms with van der Waals surface area (Å²) in [6, 6.07) is 41.7. The minimum atomic E-state index is 0. The summed E-state index contributed by atoms with van der Waals surface area (Å²) in [7, 11) is 0. The third kappa shape index (κ3) is 5.05. The molecule has 2 aliphatic rings. The molecule has 5 aromatic carbocycles. The van der Waals surface area contributed by atoms with Gasteiger partial charge in [-0.05, 0) is 40.0 Å². The van der Waals surface area contributed by atoms with Crippen molar-refractivity contribution in [1.29, 1.82) is 0 Å². The zero-order valence-electron chi connectivity index (χ0n) is 21.5. The quantitative estimate of drug-likeness (QED) is 0.256. The zero-order valence-corrected chi connectivity index (χ0v) is 25.4. The molecule has 0 bridgehead atoms. The fourth-order valence-electron chi connectivity index (χ4n) is 5.85. The Kier molecular flexibility index (Phi) is 8.97. The van der Waals surface area contributed by atoms with E-state index in [0.29, 0.717) is 0 Å². The molecular weight excluding hydrogens is 595 g/mol. The van der Waals surface area contributed by atoms with Gasteiger partial charge in [-0.15, -0.1) is 33.4 Å². The van der Waals surface area contributed by atoms with Crippen molar-refractivity contribution in [3.8, 4) is 0 Å². The molecule has 0 spiro atoms. The second-order valence-electron chi connectivity index (χ2n) is 9.70. The Balaban J connectivity index is 0.00000118. The number of rotatable bonds is 3. The molecule has 0 saturated heterocycles. The molecular formula is C36H25Cl2Zr. The first kappa shape index (κ1) is 29.0. The van der Waals surface area contributed by atoms with Gasteiger partial charge in [0.15, 0.2) is 0 Å². The van der Waals surface area contributed by atoms with Crippen LogP contribution < -0.4 is 35.3 Å². The molecule has 1 unspecified atom stereocenters. The van der Waals surface area contributed by atoms with E-state index in [1.54, 1.807) is 0 Å². The van der Waals surface area contributed by atoms with Crippen molar-refractivity contribution in [1.82, 2.24) is 0 Å². The van der Waals surface area contributed by atoms with E-state index in [2.05, 4.69) is 140 Å². The van der Waals surface area contributed by atoms with E-state index < -0.39 is 0 Å². The molecule has 3 heteroatoms. The van der Waals surface area contributed by atoms with Crippen molar-refractivity contribution >= 4 is 17.7 Å². The first-order chi connectivity index (χ1) is 17.8. The summed E-state index contributed by atoms with van der Waals surface area (Å²) in [6.07, 6.45) is 8.49. The van der Waals surface area contributed by atoms with Gasteiger partial charge in [0.2, 0.25) is 0 Å². The molecule has 1 atom stereocenters. The Morgan fingerprint density at radius 1 is 0.667 bits per heavy atom. The van der Waals surface area contributed by atoms with Gasteiger partial charge in [-0.3, -0.25) is 0 Å². The summed E-state index contributed by atoms with van der Waals surface area (Å²) < 4.78 is 0. The van der Waals surface area contributed by atoms with E-state index in [-0.39, 0.29) is 56.9 Å². The molecule has 0 amide bonds. The zero-order chi connectivity index (χ0) is 24.1. The predicted octanol–water partition coefficient (Wildman–Crippen LogP) is 0.713. The van der Waals surface area contributed by atoms with Crippen LogP contribution >= 0.6 is 0 Å². The first-order valence-corrected chi connectivity index (χ1v) is 12.6. The fraction of sp³-hybridized carbons (Fsp3) is 0.0556. The van der Waals surface area contributed by atoms with Gasteiger partial charge in [0.25, 0.3) is 0 Å². The average molecular weight is 620 g/mol. The second-order valence-corrected chi connectivity index (χ2v) is 9.70. The summed E-state index contributed by atoms with van der Waals surface area (Å²) >= 11 is 0. The van der Waals surface area contributed by atoms with Crippen LogP contribution in [-0.2, 0) is 26.2 Å². The number of fused-ring (bicyclic) bond motifs is 3. The molecule has 0 nitrogen and oxygen atoms in total. The summed E-state index contributed by atoms with van der Waals surface area (Å²) in [5.74, 6) is 0.176. The summed E-state index contributed by atoms with van der Waals surface area (Å²) in [5, 5.41) is 5.00. The second kappa shape index (κ2) is 12.1. The van der Waals surface area contributed by atoms with E-state index in [9.17, 15) is 0 Å². The Labute approximate surface area is 261 Å². The van der Waals surface area contributed by atoms with Crippen LogP contribution in [0.2, 0.25) is 0 Å². The van der Waals surface area contributed by atoms with Crippen LogP contribution in [0.25, 0.3) is 17.7 Å². The molecule has 0 fully saturated rings. The van der Waals surface area contributed by atoms with Gasteiger partial charge in [-0.1, -0.05) is 132 Å².